The average Bonchev–Trinajstić information content (AvgIpc) is 2.32. The van der Waals surface area contributed by atoms with Crippen LogP contribution in [-0.4, -0.2) is 24.8 Å². The van der Waals surface area contributed by atoms with Crippen LogP contribution in [0, 0.1) is 11.3 Å². The summed E-state index contributed by atoms with van der Waals surface area (Å²) in [5, 5.41) is 2.64. The van der Waals surface area contributed by atoms with Crippen LogP contribution in [0.5, 0.6) is 0 Å². The van der Waals surface area contributed by atoms with Gasteiger partial charge in [-0.2, -0.15) is 13.2 Å². The van der Waals surface area contributed by atoms with Gasteiger partial charge in [-0.3, -0.25) is 0 Å². The van der Waals surface area contributed by atoms with Gasteiger partial charge in [0, 0.05) is 12.1 Å². The van der Waals surface area contributed by atoms with E-state index in [2.05, 4.69) is 19.2 Å². The van der Waals surface area contributed by atoms with E-state index in [9.17, 15) is 13.2 Å². The van der Waals surface area contributed by atoms with Gasteiger partial charge in [0.2, 0.25) is 0 Å². The summed E-state index contributed by atoms with van der Waals surface area (Å²) in [7, 11) is 0. The van der Waals surface area contributed by atoms with Gasteiger partial charge in [0.25, 0.3) is 0 Å². The second-order valence-corrected chi connectivity index (χ2v) is 5.78. The molecule has 2 atom stereocenters. The molecule has 0 saturated heterocycles. The van der Waals surface area contributed by atoms with Crippen molar-refractivity contribution in [3.63, 3.8) is 0 Å². The first kappa shape index (κ1) is 13.8. The van der Waals surface area contributed by atoms with E-state index in [1.165, 1.54) is 0 Å². The molecule has 2 unspecified atom stereocenters. The third kappa shape index (κ3) is 3.10. The molecule has 1 fully saturated rings. The first-order valence-electron chi connectivity index (χ1n) is 5.62. The number of nitrogens with two attached hydrogens (primary N) is 1. The van der Waals surface area contributed by atoms with Gasteiger partial charge in [0.15, 0.2) is 0 Å². The van der Waals surface area contributed by atoms with Crippen molar-refractivity contribution in [1.82, 2.24) is 5.32 Å². The van der Waals surface area contributed by atoms with Crippen LogP contribution in [0.4, 0.5) is 13.2 Å². The van der Waals surface area contributed by atoms with Gasteiger partial charge in [0.05, 0.1) is 6.54 Å². The highest BCUT2D eigenvalue weighted by Gasteiger charge is 2.48. The third-order valence-electron chi connectivity index (χ3n) is 3.60. The quantitative estimate of drug-likeness (QED) is 0.791. The Balaban J connectivity index is 2.72. The van der Waals surface area contributed by atoms with Crippen molar-refractivity contribution >= 4 is 0 Å². The van der Waals surface area contributed by atoms with E-state index in [4.69, 9.17) is 5.73 Å². The molecule has 0 aromatic carbocycles. The molecule has 1 saturated carbocycles. The molecule has 0 aromatic rings. The van der Waals surface area contributed by atoms with Crippen molar-refractivity contribution in [3.05, 3.63) is 0 Å². The maximum Gasteiger partial charge on any atom is 0.401 e. The maximum atomic E-state index is 12.2. The fraction of sp³-hybridized carbons (Fsp3) is 1.00. The lowest BCUT2D eigenvalue weighted by Crippen LogP contribution is -2.56. The highest BCUT2D eigenvalue weighted by Crippen LogP contribution is 2.47. The molecule has 1 aliphatic carbocycles. The second-order valence-electron chi connectivity index (χ2n) is 5.78. The minimum Gasteiger partial charge on any atom is -0.329 e. The lowest BCUT2D eigenvalue weighted by atomic mass is 9.86. The predicted molar refractivity (Wildman–Crippen MR) is 58.0 cm³/mol. The van der Waals surface area contributed by atoms with Gasteiger partial charge in [0.1, 0.15) is 0 Å². The molecule has 0 spiro atoms. The van der Waals surface area contributed by atoms with Crippen LogP contribution in [-0.2, 0) is 0 Å². The van der Waals surface area contributed by atoms with E-state index in [0.29, 0.717) is 6.42 Å². The van der Waals surface area contributed by atoms with Gasteiger partial charge in [-0.25, -0.2) is 0 Å². The smallest absolute Gasteiger partial charge is 0.329 e. The number of halogens is 3. The van der Waals surface area contributed by atoms with Gasteiger partial charge in [-0.15, -0.1) is 0 Å². The molecule has 5 heteroatoms. The molecule has 96 valence electrons. The van der Waals surface area contributed by atoms with Crippen LogP contribution in [0.2, 0.25) is 0 Å². The molecular weight excluding hydrogens is 217 g/mol. The second kappa shape index (κ2) is 4.18. The highest BCUT2D eigenvalue weighted by molar-refractivity contribution is 5.04. The summed E-state index contributed by atoms with van der Waals surface area (Å²) < 4.78 is 36.7. The third-order valence-corrected chi connectivity index (χ3v) is 3.60. The zero-order valence-corrected chi connectivity index (χ0v) is 10.1. The van der Waals surface area contributed by atoms with E-state index in [-0.39, 0.29) is 17.9 Å². The number of hydrogen-bond donors (Lipinski definition) is 2. The fourth-order valence-electron chi connectivity index (χ4n) is 2.98. The van der Waals surface area contributed by atoms with Crippen molar-refractivity contribution in [2.45, 2.75) is 45.3 Å². The molecule has 0 bridgehead atoms. The van der Waals surface area contributed by atoms with E-state index < -0.39 is 18.3 Å². The highest BCUT2D eigenvalue weighted by atomic mass is 19.4. The van der Waals surface area contributed by atoms with Crippen LogP contribution in [0.3, 0.4) is 0 Å². The Morgan fingerprint density at radius 3 is 2.25 bits per heavy atom. The molecule has 0 radical (unpaired) electrons. The Labute approximate surface area is 94.8 Å². The molecule has 0 heterocycles. The summed E-state index contributed by atoms with van der Waals surface area (Å²) in [6.45, 7) is 5.44. The topological polar surface area (TPSA) is 38.0 Å². The number of alkyl halides is 3. The Bertz CT molecular complexity index is 250. The zero-order valence-electron chi connectivity index (χ0n) is 10.1. The lowest BCUT2D eigenvalue weighted by molar-refractivity contribution is -0.129. The predicted octanol–water partition coefficient (Wildman–Crippen LogP) is 2.29. The normalized spacial score (nSPS) is 34.3. The SMILES string of the molecule is CC1CC(C)(C)CC1(CN)NCC(F)(F)F. The molecular formula is C11H21F3N2. The molecule has 1 aliphatic rings. The van der Waals surface area contributed by atoms with E-state index in [0.717, 1.165) is 6.42 Å². The van der Waals surface area contributed by atoms with Crippen molar-refractivity contribution in [2.24, 2.45) is 17.1 Å². The standard InChI is InChI=1S/C11H21F3N2/c1-8-4-9(2,3)5-10(8,6-15)16-7-11(12,13)14/h8,16H,4-7,15H2,1-3H3. The van der Waals surface area contributed by atoms with E-state index in [1.807, 2.05) is 6.92 Å². The molecule has 0 aromatic heterocycles. The number of rotatable bonds is 3. The summed E-state index contributed by atoms with van der Waals surface area (Å²) in [5.41, 5.74) is 5.19. The number of nitrogens with one attached hydrogen (secondary N) is 1. The van der Waals surface area contributed by atoms with Crippen molar-refractivity contribution < 1.29 is 13.2 Å². The minimum atomic E-state index is -4.17. The van der Waals surface area contributed by atoms with Crippen LogP contribution < -0.4 is 11.1 Å². The summed E-state index contributed by atoms with van der Waals surface area (Å²) in [4.78, 5) is 0. The molecule has 3 N–H and O–H groups in total. The van der Waals surface area contributed by atoms with Gasteiger partial charge in [-0.05, 0) is 24.2 Å². The zero-order chi connectivity index (χ0) is 12.6. The van der Waals surface area contributed by atoms with E-state index in [1.54, 1.807) is 0 Å². The van der Waals surface area contributed by atoms with Crippen LogP contribution in [0.25, 0.3) is 0 Å². The first-order chi connectivity index (χ1) is 7.10. The summed E-state index contributed by atoms with van der Waals surface area (Å²) >= 11 is 0. The van der Waals surface area contributed by atoms with Crippen LogP contribution in [0.1, 0.15) is 33.6 Å². The monoisotopic (exact) mass is 238 g/mol. The summed E-state index contributed by atoms with van der Waals surface area (Å²) in [6, 6.07) is 0. The Hall–Kier alpha value is -0.290. The van der Waals surface area contributed by atoms with Crippen LogP contribution >= 0.6 is 0 Å². The molecule has 2 nitrogen and oxygen atoms in total. The van der Waals surface area contributed by atoms with Gasteiger partial charge < -0.3 is 11.1 Å². The average molecular weight is 238 g/mol. The minimum absolute atomic E-state index is 0.0669. The van der Waals surface area contributed by atoms with Crippen molar-refractivity contribution in [2.75, 3.05) is 13.1 Å². The summed E-state index contributed by atoms with van der Waals surface area (Å²) in [6.07, 6.45) is -2.56. The molecule has 0 aliphatic heterocycles. The molecule has 16 heavy (non-hydrogen) atoms. The van der Waals surface area contributed by atoms with Crippen molar-refractivity contribution in [3.8, 4) is 0 Å². The molecule has 1 rings (SSSR count). The van der Waals surface area contributed by atoms with Crippen molar-refractivity contribution in [1.29, 1.82) is 0 Å². The van der Waals surface area contributed by atoms with Gasteiger partial charge in [-0.1, -0.05) is 20.8 Å². The molecule has 0 amide bonds. The Kier molecular flexibility index (Phi) is 3.60. The Morgan fingerprint density at radius 1 is 1.38 bits per heavy atom. The maximum absolute atomic E-state index is 12.2. The lowest BCUT2D eigenvalue weighted by Gasteiger charge is -2.35. The van der Waals surface area contributed by atoms with Crippen LogP contribution in [0.15, 0.2) is 0 Å². The van der Waals surface area contributed by atoms with E-state index >= 15 is 0 Å². The fourth-order valence-corrected chi connectivity index (χ4v) is 2.98. The largest absolute Gasteiger partial charge is 0.401 e. The number of hydrogen-bond acceptors (Lipinski definition) is 2. The summed E-state index contributed by atoms with van der Waals surface area (Å²) in [5.74, 6) is 0.176. The Morgan fingerprint density at radius 2 is 1.94 bits per heavy atom. The first-order valence-corrected chi connectivity index (χ1v) is 5.62. The van der Waals surface area contributed by atoms with Gasteiger partial charge >= 0.3 is 6.18 Å².